The SMILES string of the molecule is CCCCCCCCCCCCCCCCC(C(=O)OC)S(=O)(=O)[O-]. The number of methoxy groups -OCH3 is 1. The Morgan fingerprint density at radius 2 is 1.16 bits per heavy atom. The lowest BCUT2D eigenvalue weighted by atomic mass is 10.0. The van der Waals surface area contributed by atoms with E-state index in [2.05, 4.69) is 11.7 Å². The van der Waals surface area contributed by atoms with Crippen molar-refractivity contribution in [2.75, 3.05) is 7.11 Å². The molecular formula is C19H37O5S-. The molecule has 0 saturated heterocycles. The molecule has 0 aliphatic carbocycles. The Morgan fingerprint density at radius 1 is 0.800 bits per heavy atom. The first kappa shape index (κ1) is 24.4. The number of rotatable bonds is 17. The van der Waals surface area contributed by atoms with Gasteiger partial charge < -0.3 is 9.29 Å². The number of ether oxygens (including phenoxy) is 1. The van der Waals surface area contributed by atoms with E-state index in [1.54, 1.807) is 0 Å². The summed E-state index contributed by atoms with van der Waals surface area (Å²) < 4.78 is 37.5. The third-order valence-electron chi connectivity index (χ3n) is 4.63. The Labute approximate surface area is 154 Å². The van der Waals surface area contributed by atoms with Crippen molar-refractivity contribution in [1.82, 2.24) is 0 Å². The number of hydrogen-bond donors (Lipinski definition) is 0. The van der Waals surface area contributed by atoms with Gasteiger partial charge in [-0.15, -0.1) is 0 Å². The van der Waals surface area contributed by atoms with E-state index >= 15 is 0 Å². The van der Waals surface area contributed by atoms with Crippen molar-refractivity contribution in [3.8, 4) is 0 Å². The molecule has 0 saturated carbocycles. The minimum atomic E-state index is -4.62. The highest BCUT2D eigenvalue weighted by Crippen LogP contribution is 2.15. The van der Waals surface area contributed by atoms with Gasteiger partial charge in [0, 0.05) is 0 Å². The van der Waals surface area contributed by atoms with Gasteiger partial charge in [0.2, 0.25) is 0 Å². The molecule has 1 atom stereocenters. The molecule has 0 aromatic carbocycles. The number of esters is 1. The molecule has 0 aliphatic heterocycles. The van der Waals surface area contributed by atoms with E-state index in [0.717, 1.165) is 26.4 Å². The second kappa shape index (κ2) is 15.6. The van der Waals surface area contributed by atoms with Gasteiger partial charge >= 0.3 is 5.97 Å². The fraction of sp³-hybridized carbons (Fsp3) is 0.947. The van der Waals surface area contributed by atoms with Crippen LogP contribution >= 0.6 is 0 Å². The Balaban J connectivity index is 3.47. The molecule has 0 rings (SSSR count). The highest BCUT2D eigenvalue weighted by atomic mass is 32.2. The summed E-state index contributed by atoms with van der Waals surface area (Å²) in [5, 5.41) is -1.55. The maximum Gasteiger partial charge on any atom is 0.322 e. The highest BCUT2D eigenvalue weighted by molar-refractivity contribution is 7.87. The monoisotopic (exact) mass is 377 g/mol. The maximum absolute atomic E-state index is 11.3. The molecule has 6 heteroatoms. The zero-order valence-corrected chi connectivity index (χ0v) is 16.9. The fourth-order valence-electron chi connectivity index (χ4n) is 3.04. The summed E-state index contributed by atoms with van der Waals surface area (Å²) in [4.78, 5) is 11.3. The average molecular weight is 378 g/mol. The molecule has 0 N–H and O–H groups in total. The van der Waals surface area contributed by atoms with Gasteiger partial charge in [-0.25, -0.2) is 8.42 Å². The summed E-state index contributed by atoms with van der Waals surface area (Å²) >= 11 is 0. The lowest BCUT2D eigenvalue weighted by Gasteiger charge is -2.17. The first-order chi connectivity index (χ1) is 11.9. The van der Waals surface area contributed by atoms with Crippen molar-refractivity contribution in [3.63, 3.8) is 0 Å². The molecule has 0 radical (unpaired) electrons. The predicted octanol–water partition coefficient (Wildman–Crippen LogP) is 4.94. The van der Waals surface area contributed by atoms with Crippen LogP contribution in [0, 0.1) is 0 Å². The second-order valence-corrected chi connectivity index (χ2v) is 8.44. The van der Waals surface area contributed by atoms with Crippen LogP contribution < -0.4 is 0 Å². The predicted molar refractivity (Wildman–Crippen MR) is 100 cm³/mol. The molecule has 0 aromatic rings. The molecule has 0 spiro atoms. The molecule has 0 bridgehead atoms. The fourth-order valence-corrected chi connectivity index (χ4v) is 3.82. The van der Waals surface area contributed by atoms with Gasteiger partial charge in [-0.05, 0) is 6.42 Å². The molecule has 0 amide bonds. The van der Waals surface area contributed by atoms with Gasteiger partial charge in [0.05, 0.1) is 7.11 Å². The highest BCUT2D eigenvalue weighted by Gasteiger charge is 2.25. The third-order valence-corrected chi connectivity index (χ3v) is 5.76. The van der Waals surface area contributed by atoms with Crippen LogP contribution in [-0.4, -0.2) is 31.3 Å². The molecular weight excluding hydrogens is 340 g/mol. The summed E-state index contributed by atoms with van der Waals surface area (Å²) in [5.74, 6) is -0.940. The molecule has 150 valence electrons. The standard InChI is InChI=1S/C19H38O5S/c1-3-4-5-6-7-8-9-10-11-12-13-14-15-16-17-18(19(20)24-2)25(21,22)23/h18H,3-17H2,1-2H3,(H,21,22,23)/p-1. The van der Waals surface area contributed by atoms with Crippen LogP contribution in [0.2, 0.25) is 0 Å². The first-order valence-electron chi connectivity index (χ1n) is 9.96. The van der Waals surface area contributed by atoms with Crippen molar-refractivity contribution in [2.24, 2.45) is 0 Å². The van der Waals surface area contributed by atoms with E-state index in [1.807, 2.05) is 0 Å². The van der Waals surface area contributed by atoms with Gasteiger partial charge in [0.25, 0.3) is 0 Å². The Hall–Kier alpha value is -0.620. The van der Waals surface area contributed by atoms with E-state index in [-0.39, 0.29) is 6.42 Å². The summed E-state index contributed by atoms with van der Waals surface area (Å²) in [6.07, 6.45) is 16.8. The summed E-state index contributed by atoms with van der Waals surface area (Å²) in [6.45, 7) is 2.24. The summed E-state index contributed by atoms with van der Waals surface area (Å²) in [7, 11) is -3.52. The maximum atomic E-state index is 11.3. The molecule has 0 fully saturated rings. The van der Waals surface area contributed by atoms with E-state index in [1.165, 1.54) is 64.2 Å². The molecule has 0 heterocycles. The van der Waals surface area contributed by atoms with Gasteiger partial charge in [-0.3, -0.25) is 4.79 Å². The third kappa shape index (κ3) is 14.3. The minimum Gasteiger partial charge on any atom is -0.747 e. The van der Waals surface area contributed by atoms with E-state index < -0.39 is 21.3 Å². The lowest BCUT2D eigenvalue weighted by molar-refractivity contribution is -0.140. The van der Waals surface area contributed by atoms with Crippen LogP contribution in [0.4, 0.5) is 0 Å². The van der Waals surface area contributed by atoms with Crippen molar-refractivity contribution in [3.05, 3.63) is 0 Å². The average Bonchev–Trinajstić information content (AvgIpc) is 2.56. The van der Waals surface area contributed by atoms with Crippen molar-refractivity contribution in [2.45, 2.75) is 108 Å². The zero-order chi connectivity index (χ0) is 19.0. The van der Waals surface area contributed by atoms with E-state index in [9.17, 15) is 17.8 Å². The Kier molecular flexibility index (Phi) is 15.2. The zero-order valence-electron chi connectivity index (χ0n) is 16.1. The minimum absolute atomic E-state index is 0.0660. The Bertz CT molecular complexity index is 420. The largest absolute Gasteiger partial charge is 0.747 e. The van der Waals surface area contributed by atoms with Gasteiger partial charge in [-0.1, -0.05) is 96.8 Å². The van der Waals surface area contributed by atoms with Crippen LogP contribution in [0.3, 0.4) is 0 Å². The summed E-state index contributed by atoms with van der Waals surface area (Å²) in [5.41, 5.74) is 0. The molecule has 1 unspecified atom stereocenters. The number of carbonyl (C=O) groups is 1. The number of unbranched alkanes of at least 4 members (excludes halogenated alkanes) is 13. The smallest absolute Gasteiger partial charge is 0.322 e. The van der Waals surface area contributed by atoms with E-state index in [4.69, 9.17) is 0 Å². The normalized spacial score (nSPS) is 12.9. The second-order valence-electron chi connectivity index (χ2n) is 6.89. The number of carbonyl (C=O) groups excluding carboxylic acids is 1. The summed E-state index contributed by atoms with van der Waals surface area (Å²) in [6, 6.07) is 0. The first-order valence-corrected chi connectivity index (χ1v) is 11.4. The lowest BCUT2D eigenvalue weighted by Crippen LogP contribution is -2.31. The number of hydrogen-bond acceptors (Lipinski definition) is 5. The quantitative estimate of drug-likeness (QED) is 0.203. The topological polar surface area (TPSA) is 83.5 Å². The van der Waals surface area contributed by atoms with Crippen LogP contribution in [-0.2, 0) is 19.6 Å². The van der Waals surface area contributed by atoms with Gasteiger partial charge in [-0.2, -0.15) is 0 Å². The van der Waals surface area contributed by atoms with Crippen LogP contribution in [0.25, 0.3) is 0 Å². The molecule has 25 heavy (non-hydrogen) atoms. The van der Waals surface area contributed by atoms with Gasteiger partial charge in [0.15, 0.2) is 0 Å². The Morgan fingerprint density at radius 3 is 1.48 bits per heavy atom. The van der Waals surface area contributed by atoms with Crippen molar-refractivity contribution in [1.29, 1.82) is 0 Å². The van der Waals surface area contributed by atoms with Crippen molar-refractivity contribution >= 4 is 16.1 Å². The van der Waals surface area contributed by atoms with Crippen molar-refractivity contribution < 1.29 is 22.5 Å². The van der Waals surface area contributed by atoms with Crippen LogP contribution in [0.1, 0.15) is 103 Å². The molecule has 0 aliphatic rings. The van der Waals surface area contributed by atoms with Crippen LogP contribution in [0.5, 0.6) is 0 Å². The van der Waals surface area contributed by atoms with Gasteiger partial charge in [0.1, 0.15) is 15.4 Å². The molecule has 5 nitrogen and oxygen atoms in total. The van der Waals surface area contributed by atoms with E-state index in [0.29, 0.717) is 6.42 Å². The van der Waals surface area contributed by atoms with Crippen LogP contribution in [0.15, 0.2) is 0 Å². The molecule has 0 aromatic heterocycles.